The average molecular weight is 280 g/mol. The molecule has 1 aromatic rings. The first-order chi connectivity index (χ1) is 8.80. The Balaban J connectivity index is 2.01. The smallest absolute Gasteiger partial charge is 0.399 e. The van der Waals surface area contributed by atoms with Gasteiger partial charge in [-0.05, 0) is 64.1 Å². The molecule has 19 heavy (non-hydrogen) atoms. The third-order valence-corrected chi connectivity index (χ3v) is 4.75. The third-order valence-electron chi connectivity index (χ3n) is 4.56. The molecule has 0 amide bonds. The molecule has 0 saturated carbocycles. The Kier molecular flexibility index (Phi) is 2.97. The van der Waals surface area contributed by atoms with Gasteiger partial charge in [-0.3, -0.25) is 0 Å². The number of aromatic nitrogens is 1. The lowest BCUT2D eigenvalue weighted by atomic mass is 9.76. The van der Waals surface area contributed by atoms with Crippen LogP contribution in [0.3, 0.4) is 0 Å². The van der Waals surface area contributed by atoms with E-state index in [1.807, 2.05) is 6.07 Å². The average Bonchev–Trinajstić information content (AvgIpc) is 2.80. The normalized spacial score (nSPS) is 23.7. The van der Waals surface area contributed by atoms with Gasteiger partial charge < -0.3 is 9.31 Å². The van der Waals surface area contributed by atoms with E-state index in [0.29, 0.717) is 5.15 Å². The lowest BCUT2D eigenvalue weighted by Crippen LogP contribution is -2.41. The summed E-state index contributed by atoms with van der Waals surface area (Å²) in [5, 5.41) is 0.533. The van der Waals surface area contributed by atoms with Crippen LogP contribution < -0.4 is 5.46 Å². The molecule has 0 bridgehead atoms. The van der Waals surface area contributed by atoms with Crippen molar-refractivity contribution >= 4 is 24.2 Å². The van der Waals surface area contributed by atoms with Crippen molar-refractivity contribution in [2.45, 2.75) is 58.2 Å². The minimum absolute atomic E-state index is 0.321. The van der Waals surface area contributed by atoms with E-state index in [2.05, 4.69) is 32.7 Å². The third kappa shape index (κ3) is 2.10. The van der Waals surface area contributed by atoms with Crippen LogP contribution in [0.25, 0.3) is 0 Å². The molecule has 0 unspecified atom stereocenters. The Hall–Kier alpha value is -0.575. The molecular formula is C14H19BClNO2. The van der Waals surface area contributed by atoms with E-state index in [4.69, 9.17) is 20.9 Å². The highest BCUT2D eigenvalue weighted by Crippen LogP contribution is 2.37. The highest BCUT2D eigenvalue weighted by atomic mass is 35.5. The van der Waals surface area contributed by atoms with Crippen LogP contribution in [0.5, 0.6) is 0 Å². The van der Waals surface area contributed by atoms with Gasteiger partial charge in [0.05, 0.1) is 11.2 Å². The Morgan fingerprint density at radius 2 is 1.79 bits per heavy atom. The maximum absolute atomic E-state index is 6.13. The van der Waals surface area contributed by atoms with Crippen LogP contribution in [0.1, 0.15) is 45.4 Å². The molecule has 1 fully saturated rings. The van der Waals surface area contributed by atoms with Gasteiger partial charge in [0.2, 0.25) is 0 Å². The summed E-state index contributed by atoms with van der Waals surface area (Å²) in [5.74, 6) is 0. The summed E-state index contributed by atoms with van der Waals surface area (Å²) in [6.45, 7) is 8.26. The van der Waals surface area contributed by atoms with Crippen LogP contribution in [0.15, 0.2) is 6.07 Å². The van der Waals surface area contributed by atoms with Crippen LogP contribution in [0, 0.1) is 0 Å². The Labute approximate surface area is 119 Å². The van der Waals surface area contributed by atoms with Gasteiger partial charge in [0.1, 0.15) is 5.15 Å². The number of halogens is 1. The number of aryl methyl sites for hydroxylation is 1. The minimum atomic E-state index is -0.336. The predicted octanol–water partition coefficient (Wildman–Crippen LogP) is 2.52. The molecule has 2 aliphatic rings. The largest absolute Gasteiger partial charge is 0.495 e. The van der Waals surface area contributed by atoms with Crippen LogP contribution in [0.4, 0.5) is 0 Å². The summed E-state index contributed by atoms with van der Waals surface area (Å²) in [6, 6.07) is 1.90. The number of hydrogen-bond acceptors (Lipinski definition) is 3. The molecule has 102 valence electrons. The molecule has 2 heterocycles. The van der Waals surface area contributed by atoms with Gasteiger partial charge >= 0.3 is 7.12 Å². The molecule has 0 spiro atoms. The van der Waals surface area contributed by atoms with Crippen molar-refractivity contribution in [3.63, 3.8) is 0 Å². The number of fused-ring (bicyclic) bond motifs is 1. The molecular weight excluding hydrogens is 260 g/mol. The first kappa shape index (κ1) is 13.4. The van der Waals surface area contributed by atoms with Crippen LogP contribution in [0.2, 0.25) is 5.15 Å². The van der Waals surface area contributed by atoms with Gasteiger partial charge in [0, 0.05) is 5.69 Å². The van der Waals surface area contributed by atoms with Gasteiger partial charge in [-0.15, -0.1) is 0 Å². The van der Waals surface area contributed by atoms with E-state index >= 15 is 0 Å². The molecule has 0 aromatic carbocycles. The zero-order valence-electron chi connectivity index (χ0n) is 11.9. The molecule has 5 heteroatoms. The topological polar surface area (TPSA) is 31.4 Å². The number of nitrogens with zero attached hydrogens (tertiary/aromatic N) is 1. The summed E-state index contributed by atoms with van der Waals surface area (Å²) < 4.78 is 12.2. The number of rotatable bonds is 1. The second-order valence-electron chi connectivity index (χ2n) is 6.40. The maximum atomic E-state index is 6.13. The number of hydrogen-bond donors (Lipinski definition) is 0. The van der Waals surface area contributed by atoms with E-state index in [-0.39, 0.29) is 18.3 Å². The molecule has 1 aliphatic carbocycles. The standard InChI is InChI=1S/C14H19BClNO2/c1-13(2)14(3,4)19-15(18-13)10-8-12(16)17-11-7-5-6-9(10)11/h8H,5-7H2,1-4H3. The monoisotopic (exact) mass is 279 g/mol. The SMILES string of the molecule is CC1(C)OB(c2cc(Cl)nc3c2CCC3)OC1(C)C. The van der Waals surface area contributed by atoms with E-state index in [1.165, 1.54) is 5.56 Å². The van der Waals surface area contributed by atoms with Crippen molar-refractivity contribution in [2.75, 3.05) is 0 Å². The minimum Gasteiger partial charge on any atom is -0.399 e. The fourth-order valence-corrected chi connectivity index (χ4v) is 2.94. The summed E-state index contributed by atoms with van der Waals surface area (Å²) in [6.07, 6.45) is 3.18. The number of pyridine rings is 1. The highest BCUT2D eigenvalue weighted by molar-refractivity contribution is 6.63. The van der Waals surface area contributed by atoms with Crippen LogP contribution in [-0.4, -0.2) is 23.3 Å². The van der Waals surface area contributed by atoms with Gasteiger partial charge in [-0.1, -0.05) is 11.6 Å². The van der Waals surface area contributed by atoms with E-state index in [9.17, 15) is 0 Å². The Morgan fingerprint density at radius 3 is 2.42 bits per heavy atom. The molecule has 1 aromatic heterocycles. The van der Waals surface area contributed by atoms with Crippen molar-refractivity contribution < 1.29 is 9.31 Å². The fraction of sp³-hybridized carbons (Fsp3) is 0.643. The maximum Gasteiger partial charge on any atom is 0.495 e. The van der Waals surface area contributed by atoms with E-state index in [0.717, 1.165) is 30.4 Å². The summed E-state index contributed by atoms with van der Waals surface area (Å²) >= 11 is 6.13. The first-order valence-corrected chi connectivity index (χ1v) is 7.22. The van der Waals surface area contributed by atoms with Gasteiger partial charge in [-0.25, -0.2) is 4.98 Å². The zero-order valence-corrected chi connectivity index (χ0v) is 12.7. The van der Waals surface area contributed by atoms with Crippen LogP contribution >= 0.6 is 11.6 Å². The van der Waals surface area contributed by atoms with Crippen molar-refractivity contribution in [2.24, 2.45) is 0 Å². The van der Waals surface area contributed by atoms with Crippen molar-refractivity contribution in [1.82, 2.24) is 4.98 Å². The van der Waals surface area contributed by atoms with Gasteiger partial charge in [0.25, 0.3) is 0 Å². The fourth-order valence-electron chi connectivity index (χ4n) is 2.72. The summed E-state index contributed by atoms with van der Waals surface area (Å²) in [7, 11) is -0.336. The Morgan fingerprint density at radius 1 is 1.16 bits per heavy atom. The van der Waals surface area contributed by atoms with Crippen molar-refractivity contribution in [3.8, 4) is 0 Å². The zero-order chi connectivity index (χ0) is 13.8. The summed E-state index contributed by atoms with van der Waals surface area (Å²) in [5.41, 5.74) is 2.80. The molecule has 0 atom stereocenters. The van der Waals surface area contributed by atoms with E-state index < -0.39 is 0 Å². The second-order valence-corrected chi connectivity index (χ2v) is 6.79. The van der Waals surface area contributed by atoms with Crippen molar-refractivity contribution in [3.05, 3.63) is 22.5 Å². The Bertz CT molecular complexity index is 514. The van der Waals surface area contributed by atoms with Gasteiger partial charge in [-0.2, -0.15) is 0 Å². The molecule has 3 nitrogen and oxygen atoms in total. The molecule has 1 aliphatic heterocycles. The first-order valence-electron chi connectivity index (χ1n) is 6.84. The lowest BCUT2D eigenvalue weighted by molar-refractivity contribution is 0.00578. The van der Waals surface area contributed by atoms with Gasteiger partial charge in [0.15, 0.2) is 0 Å². The van der Waals surface area contributed by atoms with E-state index in [1.54, 1.807) is 0 Å². The molecule has 0 radical (unpaired) electrons. The summed E-state index contributed by atoms with van der Waals surface area (Å²) in [4.78, 5) is 4.41. The molecule has 1 saturated heterocycles. The highest BCUT2D eigenvalue weighted by Gasteiger charge is 2.52. The molecule has 0 N–H and O–H groups in total. The second kappa shape index (κ2) is 4.21. The lowest BCUT2D eigenvalue weighted by Gasteiger charge is -2.32. The molecule has 3 rings (SSSR count). The van der Waals surface area contributed by atoms with Crippen LogP contribution in [-0.2, 0) is 22.2 Å². The van der Waals surface area contributed by atoms with Crippen molar-refractivity contribution in [1.29, 1.82) is 0 Å². The quantitative estimate of drug-likeness (QED) is 0.585. The predicted molar refractivity (Wildman–Crippen MR) is 77.0 cm³/mol.